The van der Waals surface area contributed by atoms with Crippen molar-refractivity contribution in [1.82, 2.24) is 15.6 Å². The van der Waals surface area contributed by atoms with Crippen LogP contribution in [-0.4, -0.2) is 30.0 Å². The molecule has 1 fully saturated rings. The third kappa shape index (κ3) is 4.93. The van der Waals surface area contributed by atoms with Crippen molar-refractivity contribution in [1.29, 1.82) is 0 Å². The molecule has 1 heterocycles. The van der Waals surface area contributed by atoms with Crippen LogP contribution in [0.5, 0.6) is 0 Å². The average Bonchev–Trinajstić information content (AvgIpc) is 2.72. The van der Waals surface area contributed by atoms with Gasteiger partial charge in [-0.25, -0.2) is 4.98 Å². The van der Waals surface area contributed by atoms with Crippen molar-refractivity contribution in [2.45, 2.75) is 51.5 Å². The summed E-state index contributed by atoms with van der Waals surface area (Å²) in [7, 11) is 0. The minimum Gasteiger partial charge on any atom is -0.349 e. The normalized spacial score (nSPS) is 16.6. The summed E-state index contributed by atoms with van der Waals surface area (Å²) < 4.78 is 0. The van der Waals surface area contributed by atoms with Crippen LogP contribution in [0, 0.1) is 6.92 Å². The average molecular weight is 275 g/mol. The fourth-order valence-corrected chi connectivity index (χ4v) is 2.70. The molecule has 0 saturated heterocycles. The van der Waals surface area contributed by atoms with E-state index in [0.717, 1.165) is 12.2 Å². The van der Waals surface area contributed by atoms with Gasteiger partial charge in [-0.2, -0.15) is 0 Å². The van der Waals surface area contributed by atoms with Crippen molar-refractivity contribution in [2.75, 3.05) is 13.1 Å². The van der Waals surface area contributed by atoms with E-state index in [4.69, 9.17) is 0 Å². The van der Waals surface area contributed by atoms with E-state index in [1.807, 2.05) is 19.1 Å². The second-order valence-corrected chi connectivity index (χ2v) is 5.56. The van der Waals surface area contributed by atoms with E-state index >= 15 is 0 Å². The molecular formula is C16H25N3O. The third-order valence-corrected chi connectivity index (χ3v) is 3.82. The Bertz CT molecular complexity index is 425. The first-order valence-corrected chi connectivity index (χ1v) is 7.71. The SMILES string of the molecule is Cc1cccc(C(=O)NCCNC2CCCCCC2)n1. The Hall–Kier alpha value is -1.42. The molecule has 0 aromatic carbocycles. The van der Waals surface area contributed by atoms with E-state index in [-0.39, 0.29) is 5.91 Å². The number of aromatic nitrogens is 1. The monoisotopic (exact) mass is 275 g/mol. The Morgan fingerprint density at radius 1 is 1.20 bits per heavy atom. The standard InChI is InChI=1S/C16H25N3O/c1-13-7-6-10-15(19-13)16(20)18-12-11-17-14-8-4-2-3-5-9-14/h6-7,10,14,17H,2-5,8-9,11-12H2,1H3,(H,18,20). The first kappa shape index (κ1) is 15.0. The highest BCUT2D eigenvalue weighted by Gasteiger charge is 2.11. The van der Waals surface area contributed by atoms with Gasteiger partial charge in [0.1, 0.15) is 5.69 Å². The van der Waals surface area contributed by atoms with Gasteiger partial charge in [0.05, 0.1) is 0 Å². The number of hydrogen-bond donors (Lipinski definition) is 2. The lowest BCUT2D eigenvalue weighted by molar-refractivity contribution is 0.0948. The van der Waals surface area contributed by atoms with Crippen molar-refractivity contribution in [3.8, 4) is 0 Å². The van der Waals surface area contributed by atoms with Crippen LogP contribution in [0.1, 0.15) is 54.7 Å². The van der Waals surface area contributed by atoms with E-state index in [2.05, 4.69) is 15.6 Å². The highest BCUT2D eigenvalue weighted by atomic mass is 16.1. The molecule has 0 spiro atoms. The highest BCUT2D eigenvalue weighted by Crippen LogP contribution is 2.16. The lowest BCUT2D eigenvalue weighted by Crippen LogP contribution is -2.37. The Morgan fingerprint density at radius 3 is 2.65 bits per heavy atom. The van der Waals surface area contributed by atoms with Crippen LogP contribution in [0.4, 0.5) is 0 Å². The van der Waals surface area contributed by atoms with Crippen LogP contribution in [0.3, 0.4) is 0 Å². The number of nitrogens with zero attached hydrogens (tertiary/aromatic N) is 1. The van der Waals surface area contributed by atoms with Crippen LogP contribution >= 0.6 is 0 Å². The largest absolute Gasteiger partial charge is 0.349 e. The molecule has 1 aromatic rings. The molecule has 0 radical (unpaired) electrons. The molecule has 0 bridgehead atoms. The van der Waals surface area contributed by atoms with Gasteiger partial charge in [-0.05, 0) is 31.9 Å². The second-order valence-electron chi connectivity index (χ2n) is 5.56. The van der Waals surface area contributed by atoms with E-state index in [0.29, 0.717) is 18.3 Å². The van der Waals surface area contributed by atoms with E-state index < -0.39 is 0 Å². The van der Waals surface area contributed by atoms with Crippen LogP contribution in [0.25, 0.3) is 0 Å². The van der Waals surface area contributed by atoms with Crippen molar-refractivity contribution in [3.05, 3.63) is 29.6 Å². The van der Waals surface area contributed by atoms with E-state index in [1.165, 1.54) is 38.5 Å². The lowest BCUT2D eigenvalue weighted by Gasteiger charge is -2.16. The van der Waals surface area contributed by atoms with Crippen LogP contribution < -0.4 is 10.6 Å². The zero-order valence-electron chi connectivity index (χ0n) is 12.3. The van der Waals surface area contributed by atoms with Gasteiger partial charge in [0.15, 0.2) is 0 Å². The topological polar surface area (TPSA) is 54.0 Å². The molecule has 1 aromatic heterocycles. The quantitative estimate of drug-likeness (QED) is 0.641. The summed E-state index contributed by atoms with van der Waals surface area (Å²) >= 11 is 0. The molecule has 2 rings (SSSR count). The van der Waals surface area contributed by atoms with Gasteiger partial charge in [0.2, 0.25) is 0 Å². The third-order valence-electron chi connectivity index (χ3n) is 3.82. The molecule has 0 aliphatic heterocycles. The molecule has 1 amide bonds. The fraction of sp³-hybridized carbons (Fsp3) is 0.625. The van der Waals surface area contributed by atoms with Crippen LogP contribution in [-0.2, 0) is 0 Å². The van der Waals surface area contributed by atoms with Gasteiger partial charge in [-0.15, -0.1) is 0 Å². The maximum atomic E-state index is 11.9. The first-order valence-electron chi connectivity index (χ1n) is 7.71. The van der Waals surface area contributed by atoms with Crippen LogP contribution in [0.15, 0.2) is 18.2 Å². The van der Waals surface area contributed by atoms with Crippen molar-refractivity contribution in [2.24, 2.45) is 0 Å². The zero-order chi connectivity index (χ0) is 14.2. The number of amides is 1. The molecule has 0 atom stereocenters. The Balaban J connectivity index is 1.66. The minimum absolute atomic E-state index is 0.0867. The summed E-state index contributed by atoms with van der Waals surface area (Å²) in [5.74, 6) is -0.0867. The van der Waals surface area contributed by atoms with Crippen LogP contribution in [0.2, 0.25) is 0 Å². The van der Waals surface area contributed by atoms with E-state index in [9.17, 15) is 4.79 Å². The zero-order valence-corrected chi connectivity index (χ0v) is 12.3. The number of carbonyl (C=O) groups is 1. The number of aryl methyl sites for hydroxylation is 1. The lowest BCUT2D eigenvalue weighted by atomic mass is 10.1. The summed E-state index contributed by atoms with van der Waals surface area (Å²) in [6.45, 7) is 3.39. The molecule has 1 saturated carbocycles. The Kier molecular flexibility index (Phi) is 5.99. The summed E-state index contributed by atoms with van der Waals surface area (Å²) in [6, 6.07) is 6.14. The Morgan fingerprint density at radius 2 is 1.95 bits per heavy atom. The Labute approximate surface area is 121 Å². The first-order chi connectivity index (χ1) is 9.75. The molecule has 110 valence electrons. The second kappa shape index (κ2) is 8.00. The van der Waals surface area contributed by atoms with Crippen molar-refractivity contribution < 1.29 is 4.79 Å². The maximum absolute atomic E-state index is 11.9. The van der Waals surface area contributed by atoms with Gasteiger partial charge in [-0.3, -0.25) is 4.79 Å². The van der Waals surface area contributed by atoms with Gasteiger partial charge >= 0.3 is 0 Å². The van der Waals surface area contributed by atoms with Crippen molar-refractivity contribution in [3.63, 3.8) is 0 Å². The number of pyridine rings is 1. The van der Waals surface area contributed by atoms with Gasteiger partial charge < -0.3 is 10.6 Å². The molecule has 4 nitrogen and oxygen atoms in total. The summed E-state index contributed by atoms with van der Waals surface area (Å²) in [5.41, 5.74) is 1.37. The maximum Gasteiger partial charge on any atom is 0.269 e. The number of carbonyl (C=O) groups excluding carboxylic acids is 1. The van der Waals surface area contributed by atoms with E-state index in [1.54, 1.807) is 6.07 Å². The van der Waals surface area contributed by atoms with Gasteiger partial charge in [0, 0.05) is 24.8 Å². The number of rotatable bonds is 5. The highest BCUT2D eigenvalue weighted by molar-refractivity contribution is 5.92. The van der Waals surface area contributed by atoms with Gasteiger partial charge in [0.25, 0.3) is 5.91 Å². The predicted octanol–water partition coefficient (Wildman–Crippen LogP) is 2.43. The molecule has 0 unspecified atom stereocenters. The minimum atomic E-state index is -0.0867. The number of nitrogens with one attached hydrogen (secondary N) is 2. The summed E-state index contributed by atoms with van der Waals surface area (Å²) in [4.78, 5) is 16.1. The molecule has 4 heteroatoms. The van der Waals surface area contributed by atoms with Crippen molar-refractivity contribution >= 4 is 5.91 Å². The molecule has 1 aliphatic carbocycles. The molecular weight excluding hydrogens is 250 g/mol. The molecule has 2 N–H and O–H groups in total. The summed E-state index contributed by atoms with van der Waals surface area (Å²) in [6.07, 6.45) is 7.94. The number of hydrogen-bond acceptors (Lipinski definition) is 3. The molecule has 20 heavy (non-hydrogen) atoms. The summed E-state index contributed by atoms with van der Waals surface area (Å²) in [5, 5.41) is 6.46. The molecule has 1 aliphatic rings. The predicted molar refractivity (Wildman–Crippen MR) is 80.8 cm³/mol. The fourth-order valence-electron chi connectivity index (χ4n) is 2.70. The smallest absolute Gasteiger partial charge is 0.269 e. The van der Waals surface area contributed by atoms with Gasteiger partial charge in [-0.1, -0.05) is 31.7 Å².